The van der Waals surface area contributed by atoms with Gasteiger partial charge >= 0.3 is 6.03 Å². The molecule has 0 spiro atoms. The topological polar surface area (TPSA) is 74.0 Å². The van der Waals surface area contributed by atoms with Crippen LogP contribution >= 0.6 is 0 Å². The van der Waals surface area contributed by atoms with E-state index in [-0.39, 0.29) is 18.5 Å². The van der Waals surface area contributed by atoms with Gasteiger partial charge in [0.2, 0.25) is 5.96 Å². The van der Waals surface area contributed by atoms with Crippen LogP contribution in [0.5, 0.6) is 0 Å². The van der Waals surface area contributed by atoms with E-state index in [9.17, 15) is 9.59 Å². The fraction of sp³-hybridized carbons (Fsp3) is 0.429. The van der Waals surface area contributed by atoms with Crippen molar-refractivity contribution in [2.24, 2.45) is 4.99 Å². The zero-order chi connectivity index (χ0) is 20.9. The van der Waals surface area contributed by atoms with Crippen LogP contribution in [0.3, 0.4) is 0 Å². The summed E-state index contributed by atoms with van der Waals surface area (Å²) in [6.07, 6.45) is -0.554. The molecule has 3 heterocycles. The lowest BCUT2D eigenvalue weighted by Crippen LogP contribution is -2.64. The van der Waals surface area contributed by atoms with Crippen LogP contribution in [0.1, 0.15) is 29.4 Å². The number of aliphatic imine (C=N–C) groups is 1. The lowest BCUT2D eigenvalue weighted by atomic mass is 10.1. The van der Waals surface area contributed by atoms with E-state index in [1.807, 2.05) is 62.9 Å². The molecule has 2 aromatic rings. The molecule has 8 nitrogen and oxygen atoms in total. The van der Waals surface area contributed by atoms with E-state index in [0.717, 1.165) is 22.5 Å². The molecule has 0 N–H and O–H groups in total. The summed E-state index contributed by atoms with van der Waals surface area (Å²) in [6, 6.07) is 8.90. The average Bonchev–Trinajstić information content (AvgIpc) is 3.24. The summed E-state index contributed by atoms with van der Waals surface area (Å²) in [5, 5.41) is 4.53. The van der Waals surface area contributed by atoms with Crippen molar-refractivity contribution in [2.75, 3.05) is 13.6 Å². The van der Waals surface area contributed by atoms with Crippen molar-refractivity contribution in [3.8, 4) is 0 Å². The molecular formula is C21H26N6O2. The smallest absolute Gasteiger partial charge is 0.325 e. The van der Waals surface area contributed by atoms with Gasteiger partial charge in [0.1, 0.15) is 0 Å². The first-order chi connectivity index (χ1) is 13.8. The standard InChI is InChI=1S/C21H26N6O2/c1-6-25-17-18(22-20(25)27-15(4)11-14(3)23-27)24(5)21(29)26(19(17)28)12-16-10-8-7-9-13(16)2/h7-11,17-18H,6,12H2,1-5H3. The summed E-state index contributed by atoms with van der Waals surface area (Å²) in [5.41, 5.74) is 3.84. The Balaban J connectivity index is 1.70. The molecular weight excluding hydrogens is 368 g/mol. The van der Waals surface area contributed by atoms with Crippen molar-refractivity contribution in [3.05, 3.63) is 52.8 Å². The van der Waals surface area contributed by atoms with Gasteiger partial charge in [0, 0.05) is 19.3 Å². The summed E-state index contributed by atoms with van der Waals surface area (Å²) >= 11 is 0. The molecule has 8 heteroatoms. The fourth-order valence-electron chi connectivity index (χ4n) is 4.11. The molecule has 4 rings (SSSR count). The third-order valence-electron chi connectivity index (χ3n) is 5.70. The maximum atomic E-state index is 13.4. The zero-order valence-corrected chi connectivity index (χ0v) is 17.5. The lowest BCUT2D eigenvalue weighted by Gasteiger charge is -2.41. The lowest BCUT2D eigenvalue weighted by molar-refractivity contribution is -0.138. The van der Waals surface area contributed by atoms with E-state index in [1.165, 1.54) is 4.90 Å². The SMILES string of the molecule is CCN1C(n2nc(C)cc2C)=NC2C1C(=O)N(Cc1ccccc1C)C(=O)N2C. The van der Waals surface area contributed by atoms with Gasteiger partial charge in [-0.1, -0.05) is 24.3 Å². The number of rotatable bonds is 3. The first kappa shape index (κ1) is 19.2. The van der Waals surface area contributed by atoms with Crippen LogP contribution in [0.25, 0.3) is 0 Å². The Labute approximate surface area is 170 Å². The van der Waals surface area contributed by atoms with Gasteiger partial charge in [-0.2, -0.15) is 5.10 Å². The van der Waals surface area contributed by atoms with Crippen LogP contribution in [0.2, 0.25) is 0 Å². The number of benzene rings is 1. The predicted molar refractivity (Wildman–Crippen MR) is 109 cm³/mol. The predicted octanol–water partition coefficient (Wildman–Crippen LogP) is 2.14. The van der Waals surface area contributed by atoms with Crippen LogP contribution in [-0.4, -0.2) is 68.2 Å². The Bertz CT molecular complexity index is 1010. The highest BCUT2D eigenvalue weighted by Crippen LogP contribution is 2.29. The number of amides is 3. The Morgan fingerprint density at radius 3 is 2.45 bits per heavy atom. The second-order valence-electron chi connectivity index (χ2n) is 7.66. The van der Waals surface area contributed by atoms with Crippen molar-refractivity contribution < 1.29 is 9.59 Å². The summed E-state index contributed by atoms with van der Waals surface area (Å²) in [4.78, 5) is 36.1. The third-order valence-corrected chi connectivity index (χ3v) is 5.70. The van der Waals surface area contributed by atoms with Crippen LogP contribution in [-0.2, 0) is 11.3 Å². The number of urea groups is 1. The molecule has 0 radical (unpaired) electrons. The first-order valence-electron chi connectivity index (χ1n) is 9.84. The summed E-state index contributed by atoms with van der Waals surface area (Å²) in [5.74, 6) is 0.391. The summed E-state index contributed by atoms with van der Waals surface area (Å²) in [7, 11) is 1.71. The number of aromatic nitrogens is 2. The Hall–Kier alpha value is -3.16. The highest BCUT2D eigenvalue weighted by atomic mass is 16.2. The minimum absolute atomic E-state index is 0.219. The number of hydrogen-bond donors (Lipinski definition) is 0. The molecule has 1 saturated heterocycles. The van der Waals surface area contributed by atoms with Crippen molar-refractivity contribution in [3.63, 3.8) is 0 Å². The molecule has 152 valence electrons. The van der Waals surface area contributed by atoms with E-state index in [2.05, 4.69) is 5.10 Å². The number of carbonyl (C=O) groups is 2. The second kappa shape index (κ2) is 7.02. The number of hydrogen-bond acceptors (Lipinski definition) is 5. The van der Waals surface area contributed by atoms with Gasteiger partial charge in [0.15, 0.2) is 12.2 Å². The normalized spacial score (nSPS) is 21.7. The van der Waals surface area contributed by atoms with Gasteiger partial charge in [0.25, 0.3) is 5.91 Å². The van der Waals surface area contributed by atoms with Gasteiger partial charge in [-0.05, 0) is 44.9 Å². The van der Waals surface area contributed by atoms with Crippen molar-refractivity contribution in [1.29, 1.82) is 0 Å². The zero-order valence-electron chi connectivity index (χ0n) is 17.5. The van der Waals surface area contributed by atoms with Crippen LogP contribution in [0.4, 0.5) is 4.79 Å². The quantitative estimate of drug-likeness (QED) is 0.799. The van der Waals surface area contributed by atoms with Crippen LogP contribution in [0, 0.1) is 20.8 Å². The molecule has 0 aliphatic carbocycles. The molecule has 1 aromatic heterocycles. The fourth-order valence-corrected chi connectivity index (χ4v) is 4.11. The van der Waals surface area contributed by atoms with Gasteiger partial charge in [-0.3, -0.25) is 9.69 Å². The van der Waals surface area contributed by atoms with Crippen molar-refractivity contribution in [1.82, 2.24) is 24.5 Å². The van der Waals surface area contributed by atoms with Crippen molar-refractivity contribution >= 4 is 17.9 Å². The number of fused-ring (bicyclic) bond motifs is 1. The largest absolute Gasteiger partial charge is 0.328 e. The Kier molecular flexibility index (Phi) is 4.64. The second-order valence-corrected chi connectivity index (χ2v) is 7.66. The molecule has 2 aliphatic rings. The average molecular weight is 394 g/mol. The van der Waals surface area contributed by atoms with Gasteiger partial charge in [-0.15, -0.1) is 0 Å². The van der Waals surface area contributed by atoms with Gasteiger partial charge in [0.05, 0.1) is 12.2 Å². The maximum Gasteiger partial charge on any atom is 0.328 e. The van der Waals surface area contributed by atoms with E-state index in [0.29, 0.717) is 12.5 Å². The minimum atomic E-state index is -0.554. The summed E-state index contributed by atoms with van der Waals surface area (Å²) in [6.45, 7) is 8.69. The molecule has 1 aromatic carbocycles. The summed E-state index contributed by atoms with van der Waals surface area (Å²) < 4.78 is 1.76. The van der Waals surface area contributed by atoms with E-state index in [4.69, 9.17) is 4.99 Å². The number of imide groups is 1. The first-order valence-corrected chi connectivity index (χ1v) is 9.84. The van der Waals surface area contributed by atoms with Gasteiger partial charge < -0.3 is 9.80 Å². The van der Waals surface area contributed by atoms with Gasteiger partial charge in [-0.25, -0.2) is 14.5 Å². The maximum absolute atomic E-state index is 13.4. The molecule has 0 bridgehead atoms. The van der Waals surface area contributed by atoms with E-state index >= 15 is 0 Å². The number of aryl methyl sites for hydroxylation is 3. The van der Waals surface area contributed by atoms with Crippen LogP contribution < -0.4 is 0 Å². The van der Waals surface area contributed by atoms with E-state index < -0.39 is 12.2 Å². The third kappa shape index (κ3) is 2.99. The van der Waals surface area contributed by atoms with Crippen molar-refractivity contribution in [2.45, 2.75) is 46.4 Å². The molecule has 3 amide bonds. The van der Waals surface area contributed by atoms with Crippen LogP contribution in [0.15, 0.2) is 35.3 Å². The number of likely N-dealkylation sites (N-methyl/N-ethyl adjacent to an activating group) is 2. The van der Waals surface area contributed by atoms with E-state index in [1.54, 1.807) is 16.6 Å². The molecule has 2 aliphatic heterocycles. The molecule has 2 atom stereocenters. The molecule has 29 heavy (non-hydrogen) atoms. The monoisotopic (exact) mass is 394 g/mol. The number of nitrogens with zero attached hydrogens (tertiary/aromatic N) is 6. The molecule has 1 fully saturated rings. The molecule has 2 unspecified atom stereocenters. The minimum Gasteiger partial charge on any atom is -0.325 e. The highest BCUT2D eigenvalue weighted by Gasteiger charge is 2.52. The highest BCUT2D eigenvalue weighted by molar-refractivity contribution is 6.04. The molecule has 0 saturated carbocycles. The Morgan fingerprint density at radius 1 is 1.10 bits per heavy atom. The number of carbonyl (C=O) groups excluding carboxylic acids is 2. The Morgan fingerprint density at radius 2 is 1.83 bits per heavy atom.